The molecule has 18 heavy (non-hydrogen) atoms. The molecule has 1 fully saturated rings. The van der Waals surface area contributed by atoms with E-state index in [1.807, 2.05) is 24.3 Å². The van der Waals surface area contributed by atoms with Crippen molar-refractivity contribution < 1.29 is 13.2 Å². The first-order chi connectivity index (χ1) is 8.35. The van der Waals surface area contributed by atoms with Crippen LogP contribution in [0.1, 0.15) is 6.42 Å². The minimum Gasteiger partial charge on any atom is -0.312 e. The van der Waals surface area contributed by atoms with Gasteiger partial charge in [0.15, 0.2) is 0 Å². The first-order valence-corrected chi connectivity index (χ1v) is 8.89. The number of carbonyl (C=O) groups is 1. The van der Waals surface area contributed by atoms with Crippen LogP contribution in [0.5, 0.6) is 0 Å². The molecule has 1 aliphatic heterocycles. The number of hydrogen-bond acceptors (Lipinski definition) is 3. The Balaban J connectivity index is 2.15. The zero-order chi connectivity index (χ0) is 13.3. The topological polar surface area (TPSA) is 54.5 Å². The molecule has 1 heterocycles. The molecular weight excluding hydrogens is 389 g/mol. The van der Waals surface area contributed by atoms with Crippen molar-refractivity contribution in [3.8, 4) is 0 Å². The summed E-state index contributed by atoms with van der Waals surface area (Å²) in [5, 5.41) is 0. The maximum atomic E-state index is 11.9. The Morgan fingerprint density at radius 1 is 1.44 bits per heavy atom. The Bertz CT molecular complexity index is 575. The molecule has 1 atom stereocenters. The smallest absolute Gasteiger partial charge is 0.232 e. The lowest BCUT2D eigenvalue weighted by Crippen LogP contribution is -2.25. The molecule has 98 valence electrons. The van der Waals surface area contributed by atoms with Crippen LogP contribution in [-0.2, 0) is 13.8 Å². The van der Waals surface area contributed by atoms with Crippen molar-refractivity contribution in [2.75, 3.05) is 17.2 Å². The van der Waals surface area contributed by atoms with E-state index in [4.69, 9.17) is 10.7 Å². The largest absolute Gasteiger partial charge is 0.312 e. The maximum absolute atomic E-state index is 11.9. The predicted molar refractivity (Wildman–Crippen MR) is 79.3 cm³/mol. The van der Waals surface area contributed by atoms with Gasteiger partial charge in [0.1, 0.15) is 0 Å². The fourth-order valence-corrected chi connectivity index (χ4v) is 3.92. The van der Waals surface area contributed by atoms with Crippen LogP contribution in [0.3, 0.4) is 0 Å². The summed E-state index contributed by atoms with van der Waals surface area (Å²) in [5.74, 6) is -0.430. The minimum absolute atomic E-state index is 0.0534. The highest BCUT2D eigenvalue weighted by molar-refractivity contribution is 14.1. The van der Waals surface area contributed by atoms with Crippen molar-refractivity contribution in [3.05, 3.63) is 27.8 Å². The van der Waals surface area contributed by atoms with Crippen LogP contribution < -0.4 is 4.90 Å². The number of nitrogens with zero attached hydrogens (tertiary/aromatic N) is 1. The molecule has 1 amide bonds. The third-order valence-electron chi connectivity index (χ3n) is 2.76. The standard InChI is InChI=1S/C11H11ClINO3S/c12-18(16,17)7-8-4-11(15)14(6-8)10-3-1-2-9(13)5-10/h1-3,5,8H,4,6-7H2. The first-order valence-electron chi connectivity index (χ1n) is 5.33. The van der Waals surface area contributed by atoms with E-state index in [0.29, 0.717) is 6.54 Å². The number of halogens is 2. The Hall–Kier alpha value is -0.340. The predicted octanol–water partition coefficient (Wildman–Crippen LogP) is 2.21. The first kappa shape index (κ1) is 14.1. The molecule has 2 rings (SSSR count). The van der Waals surface area contributed by atoms with E-state index < -0.39 is 9.05 Å². The van der Waals surface area contributed by atoms with Gasteiger partial charge in [-0.25, -0.2) is 8.42 Å². The van der Waals surface area contributed by atoms with Gasteiger partial charge in [0, 0.05) is 38.8 Å². The van der Waals surface area contributed by atoms with E-state index in [1.165, 1.54) is 0 Å². The van der Waals surface area contributed by atoms with Gasteiger partial charge >= 0.3 is 0 Å². The van der Waals surface area contributed by atoms with Crippen molar-refractivity contribution in [1.82, 2.24) is 0 Å². The van der Waals surface area contributed by atoms with Crippen molar-refractivity contribution in [3.63, 3.8) is 0 Å². The van der Waals surface area contributed by atoms with Gasteiger partial charge in [0.25, 0.3) is 0 Å². The summed E-state index contributed by atoms with van der Waals surface area (Å²) in [4.78, 5) is 13.5. The molecule has 0 aliphatic carbocycles. The summed E-state index contributed by atoms with van der Waals surface area (Å²) >= 11 is 2.17. The molecule has 1 unspecified atom stereocenters. The second kappa shape index (κ2) is 5.34. The van der Waals surface area contributed by atoms with Gasteiger partial charge < -0.3 is 4.90 Å². The molecule has 1 aromatic carbocycles. The average Bonchev–Trinajstić information content (AvgIpc) is 2.56. The fourth-order valence-electron chi connectivity index (χ4n) is 2.07. The summed E-state index contributed by atoms with van der Waals surface area (Å²) in [6.07, 6.45) is 0.234. The zero-order valence-corrected chi connectivity index (χ0v) is 13.1. The third kappa shape index (κ3) is 3.58. The molecule has 0 bridgehead atoms. The average molecular weight is 400 g/mol. The summed E-state index contributed by atoms with van der Waals surface area (Å²) < 4.78 is 23.1. The van der Waals surface area contributed by atoms with Crippen LogP contribution in [-0.4, -0.2) is 26.6 Å². The Kier molecular flexibility index (Phi) is 4.18. The van der Waals surface area contributed by atoms with Gasteiger partial charge in [0.2, 0.25) is 15.0 Å². The second-order valence-electron chi connectivity index (χ2n) is 4.26. The monoisotopic (exact) mass is 399 g/mol. The van der Waals surface area contributed by atoms with E-state index in [1.54, 1.807) is 4.90 Å². The Morgan fingerprint density at radius 2 is 2.17 bits per heavy atom. The number of carbonyl (C=O) groups excluding carboxylic acids is 1. The molecule has 7 heteroatoms. The minimum atomic E-state index is -3.55. The summed E-state index contributed by atoms with van der Waals surface area (Å²) in [7, 11) is 1.67. The van der Waals surface area contributed by atoms with E-state index in [9.17, 15) is 13.2 Å². The summed E-state index contributed by atoms with van der Waals surface area (Å²) in [6.45, 7) is 0.408. The summed E-state index contributed by atoms with van der Waals surface area (Å²) in [6, 6.07) is 7.55. The van der Waals surface area contributed by atoms with Crippen LogP contribution in [0.25, 0.3) is 0 Å². The van der Waals surface area contributed by atoms with Crippen LogP contribution in [0.4, 0.5) is 5.69 Å². The lowest BCUT2D eigenvalue weighted by atomic mass is 10.1. The molecule has 1 saturated heterocycles. The zero-order valence-electron chi connectivity index (χ0n) is 9.34. The lowest BCUT2D eigenvalue weighted by molar-refractivity contribution is -0.117. The van der Waals surface area contributed by atoms with Crippen LogP contribution in [0, 0.1) is 9.49 Å². The summed E-state index contributed by atoms with van der Waals surface area (Å²) in [5.41, 5.74) is 0.807. The van der Waals surface area contributed by atoms with E-state index in [0.717, 1.165) is 9.26 Å². The molecule has 0 saturated carbocycles. The SMILES string of the molecule is O=C1CC(CS(=O)(=O)Cl)CN1c1cccc(I)c1. The lowest BCUT2D eigenvalue weighted by Gasteiger charge is -2.16. The quantitative estimate of drug-likeness (QED) is 0.578. The van der Waals surface area contributed by atoms with E-state index >= 15 is 0 Å². The molecule has 4 nitrogen and oxygen atoms in total. The molecule has 1 aliphatic rings. The highest BCUT2D eigenvalue weighted by Crippen LogP contribution is 2.27. The number of hydrogen-bond donors (Lipinski definition) is 0. The molecule has 0 N–H and O–H groups in total. The van der Waals surface area contributed by atoms with Crippen molar-refractivity contribution >= 4 is 53.9 Å². The van der Waals surface area contributed by atoms with Gasteiger partial charge in [-0.15, -0.1) is 0 Å². The number of amides is 1. The third-order valence-corrected chi connectivity index (χ3v) is 4.68. The molecule has 1 aromatic rings. The molecule has 0 spiro atoms. The normalized spacial score (nSPS) is 20.4. The Morgan fingerprint density at radius 3 is 2.78 bits per heavy atom. The van der Waals surface area contributed by atoms with Gasteiger partial charge in [-0.3, -0.25) is 4.79 Å². The number of anilines is 1. The van der Waals surface area contributed by atoms with E-state index in [-0.39, 0.29) is 24.0 Å². The second-order valence-corrected chi connectivity index (χ2v) is 8.33. The number of rotatable bonds is 3. The van der Waals surface area contributed by atoms with Gasteiger partial charge in [-0.1, -0.05) is 6.07 Å². The fraction of sp³-hybridized carbons (Fsp3) is 0.364. The van der Waals surface area contributed by atoms with Gasteiger partial charge in [-0.2, -0.15) is 0 Å². The van der Waals surface area contributed by atoms with E-state index in [2.05, 4.69) is 22.6 Å². The highest BCUT2D eigenvalue weighted by Gasteiger charge is 2.33. The highest BCUT2D eigenvalue weighted by atomic mass is 127. The maximum Gasteiger partial charge on any atom is 0.232 e. The number of benzene rings is 1. The van der Waals surface area contributed by atoms with Gasteiger partial charge in [0.05, 0.1) is 5.75 Å². The van der Waals surface area contributed by atoms with Crippen LogP contribution in [0.2, 0.25) is 0 Å². The van der Waals surface area contributed by atoms with Crippen LogP contribution >= 0.6 is 33.3 Å². The molecular formula is C11H11ClINO3S. The molecule has 0 radical (unpaired) electrons. The molecule has 0 aromatic heterocycles. The van der Waals surface area contributed by atoms with Gasteiger partial charge in [-0.05, 0) is 40.8 Å². The van der Waals surface area contributed by atoms with Crippen molar-refractivity contribution in [2.45, 2.75) is 6.42 Å². The van der Waals surface area contributed by atoms with Crippen molar-refractivity contribution in [2.24, 2.45) is 5.92 Å². The Labute approximate surface area is 124 Å². The van der Waals surface area contributed by atoms with Crippen molar-refractivity contribution in [1.29, 1.82) is 0 Å². The van der Waals surface area contributed by atoms with Crippen LogP contribution in [0.15, 0.2) is 24.3 Å².